The van der Waals surface area contributed by atoms with Gasteiger partial charge in [-0.25, -0.2) is 0 Å². The molecule has 306 valence electrons. The second-order valence-electron chi connectivity index (χ2n) is 17.7. The molecule has 0 bridgehead atoms. The molecule has 2 N–H and O–H groups in total. The normalized spacial score (nSPS) is 15.9. The average molecular weight is 964 g/mol. The van der Waals surface area contributed by atoms with E-state index in [0.29, 0.717) is 6.42 Å². The van der Waals surface area contributed by atoms with Gasteiger partial charge in [0.25, 0.3) is 0 Å². The first-order chi connectivity index (χ1) is 28.0. The number of hydrogen-bond donors (Lipinski definition) is 2. The summed E-state index contributed by atoms with van der Waals surface area (Å²) in [6, 6.07) is 50.2. The SMILES string of the molecule is CC(C)(C)C(N1[CH-]N(C(CO)(c2ccccc2)c2ccccc2)C2=C1C=CC=CC2)(N1[CH-]N(C(CO)(c2ccccc2)c2ccccc2)c2ccccc21)C(C)(C)C.[Pt+2]. The fourth-order valence-electron chi connectivity index (χ4n) is 10.5. The van der Waals surface area contributed by atoms with Crippen molar-refractivity contribution >= 4 is 11.4 Å². The summed E-state index contributed by atoms with van der Waals surface area (Å²) in [7, 11) is 0. The Morgan fingerprint density at radius 2 is 0.847 bits per heavy atom. The van der Waals surface area contributed by atoms with E-state index in [4.69, 9.17) is 0 Å². The summed E-state index contributed by atoms with van der Waals surface area (Å²) in [6.07, 6.45) is 9.40. The second kappa shape index (κ2) is 16.3. The van der Waals surface area contributed by atoms with Gasteiger partial charge in [0.05, 0.1) is 30.0 Å². The molecule has 2 heterocycles. The van der Waals surface area contributed by atoms with Gasteiger partial charge in [0.2, 0.25) is 0 Å². The first-order valence-corrected chi connectivity index (χ1v) is 20.4. The number of aliphatic hydroxyl groups excluding tert-OH is 2. The van der Waals surface area contributed by atoms with Crippen LogP contribution in [0.2, 0.25) is 0 Å². The van der Waals surface area contributed by atoms with Crippen LogP contribution >= 0.6 is 0 Å². The topological polar surface area (TPSA) is 53.4 Å². The number of rotatable bonds is 10. The zero-order chi connectivity index (χ0) is 40.8. The van der Waals surface area contributed by atoms with Crippen LogP contribution < -0.4 is 9.80 Å². The summed E-state index contributed by atoms with van der Waals surface area (Å²) in [4.78, 5) is 9.65. The molecule has 0 saturated heterocycles. The largest absolute Gasteiger partial charge is 2.00 e. The Morgan fingerprint density at radius 3 is 1.25 bits per heavy atom. The van der Waals surface area contributed by atoms with E-state index >= 15 is 0 Å². The monoisotopic (exact) mass is 963 g/mol. The quantitative estimate of drug-likeness (QED) is 0.136. The zero-order valence-electron chi connectivity index (χ0n) is 34.9. The predicted molar refractivity (Wildman–Crippen MR) is 237 cm³/mol. The molecular formula is C52H56N4O2Pt. The van der Waals surface area contributed by atoms with Gasteiger partial charge in [0.15, 0.2) is 0 Å². The van der Waals surface area contributed by atoms with Gasteiger partial charge in [0, 0.05) is 29.2 Å². The van der Waals surface area contributed by atoms with Crippen molar-refractivity contribution in [3.8, 4) is 0 Å². The number of nitrogens with zero attached hydrogens (tertiary/aromatic N) is 4. The van der Waals surface area contributed by atoms with E-state index in [1.807, 2.05) is 24.3 Å². The van der Waals surface area contributed by atoms with E-state index < -0.39 is 27.6 Å². The fourth-order valence-corrected chi connectivity index (χ4v) is 10.5. The maximum Gasteiger partial charge on any atom is 2.00 e. The van der Waals surface area contributed by atoms with Crippen LogP contribution in [0.25, 0.3) is 0 Å². The molecule has 0 amide bonds. The van der Waals surface area contributed by atoms with Gasteiger partial charge in [-0.3, -0.25) is 0 Å². The molecule has 1 aliphatic carbocycles. The summed E-state index contributed by atoms with van der Waals surface area (Å²) in [5, 5.41) is 23.8. The van der Waals surface area contributed by atoms with Gasteiger partial charge < -0.3 is 29.8 Å². The summed E-state index contributed by atoms with van der Waals surface area (Å²) in [5.74, 6) is 0. The van der Waals surface area contributed by atoms with Crippen molar-refractivity contribution in [3.05, 3.63) is 217 Å². The molecule has 8 rings (SSSR count). The standard InChI is InChI=1S/C52H56N4O2.Pt/c1-48(2,3)52(49(4,5)6,56-39-54(45-34-22-23-35-47(45)56)51(37-58,42-28-16-9-17-29-42)43-30-18-10-19-31-43)55-38-53(44-32-20-11-21-33-46(44)55)50(36-57,40-24-12-7-13-25-40)41-26-14-8-15-27-41;/h7-31,33-35,38-39,57-58H,32,36-37H2,1-6H3;/q-2;+2. The van der Waals surface area contributed by atoms with Crippen molar-refractivity contribution in [1.29, 1.82) is 0 Å². The van der Waals surface area contributed by atoms with Gasteiger partial charge in [-0.15, -0.1) is 0 Å². The smallest absolute Gasteiger partial charge is 0.491 e. The Balaban J connectivity index is 0.00000528. The molecule has 0 unspecified atom stereocenters. The molecule has 0 atom stereocenters. The van der Waals surface area contributed by atoms with Gasteiger partial charge in [-0.2, -0.15) is 13.3 Å². The van der Waals surface area contributed by atoms with Crippen LogP contribution in [0, 0.1) is 24.2 Å². The molecule has 0 radical (unpaired) electrons. The minimum Gasteiger partial charge on any atom is -0.491 e. The van der Waals surface area contributed by atoms with Crippen LogP contribution in [-0.2, 0) is 32.1 Å². The Labute approximate surface area is 366 Å². The molecule has 0 saturated carbocycles. The van der Waals surface area contributed by atoms with E-state index in [1.54, 1.807) is 0 Å². The van der Waals surface area contributed by atoms with E-state index in [1.165, 1.54) is 0 Å². The van der Waals surface area contributed by atoms with Crippen molar-refractivity contribution in [2.24, 2.45) is 10.8 Å². The first kappa shape index (κ1) is 42.3. The van der Waals surface area contributed by atoms with Crippen molar-refractivity contribution < 1.29 is 31.3 Å². The predicted octanol–water partition coefficient (Wildman–Crippen LogP) is 10.6. The minimum absolute atomic E-state index is 0. The van der Waals surface area contributed by atoms with E-state index in [-0.39, 0.29) is 34.3 Å². The minimum atomic E-state index is -0.946. The van der Waals surface area contributed by atoms with E-state index in [9.17, 15) is 10.2 Å². The third-order valence-corrected chi connectivity index (χ3v) is 12.6. The summed E-state index contributed by atoms with van der Waals surface area (Å²) >= 11 is 0. The maximum atomic E-state index is 11.9. The van der Waals surface area contributed by atoms with Crippen LogP contribution in [-0.4, -0.2) is 38.9 Å². The molecule has 5 aromatic carbocycles. The summed E-state index contributed by atoms with van der Waals surface area (Å²) in [6.45, 7) is 18.3. The van der Waals surface area contributed by atoms with Crippen LogP contribution in [0.4, 0.5) is 11.4 Å². The van der Waals surface area contributed by atoms with Gasteiger partial charge in [-0.1, -0.05) is 193 Å². The van der Waals surface area contributed by atoms with Crippen LogP contribution in [0.15, 0.2) is 181 Å². The van der Waals surface area contributed by atoms with Gasteiger partial charge in [-0.05, 0) is 51.3 Å². The van der Waals surface area contributed by atoms with Gasteiger partial charge >= 0.3 is 21.1 Å². The van der Waals surface area contributed by atoms with Crippen LogP contribution in [0.3, 0.4) is 0 Å². The van der Waals surface area contributed by atoms with Crippen molar-refractivity contribution in [3.63, 3.8) is 0 Å². The Bertz CT molecular complexity index is 2200. The number of allylic oxidation sites excluding steroid dienone is 4. The van der Waals surface area contributed by atoms with E-state index in [2.05, 4.69) is 220 Å². The van der Waals surface area contributed by atoms with Crippen LogP contribution in [0.1, 0.15) is 70.2 Å². The van der Waals surface area contributed by atoms with Crippen molar-refractivity contribution in [1.82, 2.24) is 9.80 Å². The third-order valence-electron chi connectivity index (χ3n) is 12.6. The summed E-state index contributed by atoms with van der Waals surface area (Å²) < 4.78 is 0. The molecular weight excluding hydrogens is 908 g/mol. The van der Waals surface area contributed by atoms with Crippen molar-refractivity contribution in [2.45, 2.75) is 64.7 Å². The number of aliphatic hydroxyl groups is 2. The number of hydrogen-bond acceptors (Lipinski definition) is 6. The molecule has 5 aromatic rings. The van der Waals surface area contributed by atoms with Gasteiger partial charge in [0.1, 0.15) is 0 Å². The zero-order valence-corrected chi connectivity index (χ0v) is 37.2. The molecule has 0 fully saturated rings. The molecule has 0 spiro atoms. The molecule has 2 aliphatic heterocycles. The number of para-hydroxylation sites is 2. The Morgan fingerprint density at radius 1 is 0.475 bits per heavy atom. The average Bonchev–Trinajstić information content (AvgIpc) is 3.68. The molecule has 59 heavy (non-hydrogen) atoms. The van der Waals surface area contributed by atoms with Crippen molar-refractivity contribution in [2.75, 3.05) is 23.0 Å². The van der Waals surface area contributed by atoms with Crippen LogP contribution in [0.5, 0.6) is 0 Å². The number of benzene rings is 5. The number of anilines is 2. The molecule has 3 aliphatic rings. The van der Waals surface area contributed by atoms with E-state index in [0.717, 1.165) is 45.0 Å². The molecule has 7 heteroatoms. The fraction of sp³-hybridized carbons (Fsp3) is 0.269. The number of fused-ring (bicyclic) bond motifs is 1. The Hall–Kier alpha value is -4.87. The third kappa shape index (κ3) is 6.50. The Kier molecular flexibility index (Phi) is 11.7. The summed E-state index contributed by atoms with van der Waals surface area (Å²) in [5.41, 5.74) is 4.70. The molecule has 0 aromatic heterocycles. The maximum absolute atomic E-state index is 11.9. The molecule has 6 nitrogen and oxygen atoms in total. The second-order valence-corrected chi connectivity index (χ2v) is 17.7. The first-order valence-electron chi connectivity index (χ1n) is 20.4.